The van der Waals surface area contributed by atoms with Gasteiger partial charge in [-0.25, -0.2) is 4.79 Å². The molecule has 12 heteroatoms. The average Bonchev–Trinajstić information content (AvgIpc) is 3.10. The molecule has 3 aliphatic rings. The van der Waals surface area contributed by atoms with Gasteiger partial charge in [0, 0.05) is 12.3 Å². The second-order valence-electron chi connectivity index (χ2n) is 9.03. The summed E-state index contributed by atoms with van der Waals surface area (Å²) in [7, 11) is 0. The molecule has 0 radical (unpaired) electrons. The molecular weight excluding hydrogens is 468 g/mol. The smallest absolute Gasteiger partial charge is 0.338 e. The number of hydrogen-bond acceptors (Lipinski definition) is 12. The zero-order valence-corrected chi connectivity index (χ0v) is 18.7. The summed E-state index contributed by atoms with van der Waals surface area (Å²) in [6.45, 7) is 1.00. The number of esters is 1. The van der Waals surface area contributed by atoms with Gasteiger partial charge >= 0.3 is 5.97 Å². The van der Waals surface area contributed by atoms with Crippen molar-refractivity contribution in [2.45, 2.75) is 62.0 Å². The SMILES string of the molecule is C[C@@H]1[C@H]2[C@H](O[C@@H]3O[C@H](CO)[C@@H](O)[C@H](O)[C@H]3O)OC=C(C=O)[C@@]2(O)C[C@@H]1OC(=O)c1ccc(O)cc1. The van der Waals surface area contributed by atoms with E-state index in [1.807, 2.05) is 0 Å². The number of carbonyl (C=O) groups excluding carboxylic acids is 2. The molecule has 12 nitrogen and oxygen atoms in total. The van der Waals surface area contributed by atoms with Crippen LogP contribution < -0.4 is 0 Å². The van der Waals surface area contributed by atoms with Crippen molar-refractivity contribution in [3.05, 3.63) is 41.7 Å². The van der Waals surface area contributed by atoms with E-state index >= 15 is 0 Å². The normalized spacial score (nSPS) is 40.9. The Balaban J connectivity index is 1.55. The number of aliphatic hydroxyl groups excluding tert-OH is 4. The van der Waals surface area contributed by atoms with Gasteiger partial charge in [0.1, 0.15) is 41.9 Å². The molecule has 2 heterocycles. The summed E-state index contributed by atoms with van der Waals surface area (Å²) in [6.07, 6.45) is -8.63. The standard InChI is InChI=1S/C23H28O12/c1-10-14(33-20(30)11-2-4-13(26)5-3-11)6-23(31)12(7-24)9-32-21(16(10)23)35-22-19(29)18(28)17(27)15(8-25)34-22/h2-5,7,9-10,14-19,21-22,25-29,31H,6,8H2,1H3/t10-,14-,15+,16-,17+,18-,19+,21-,22-,23-/m0/s1. The van der Waals surface area contributed by atoms with Gasteiger partial charge in [0.15, 0.2) is 12.6 Å². The van der Waals surface area contributed by atoms with Crippen molar-refractivity contribution in [1.82, 2.24) is 0 Å². The predicted octanol–water partition coefficient (Wildman–Crippen LogP) is -1.44. The highest BCUT2D eigenvalue weighted by molar-refractivity contribution is 5.89. The number of hydrogen-bond donors (Lipinski definition) is 6. The first-order valence-corrected chi connectivity index (χ1v) is 11.1. The topological polar surface area (TPSA) is 192 Å². The number of phenolic OH excluding ortho intramolecular Hbond substituents is 1. The fourth-order valence-electron chi connectivity index (χ4n) is 4.92. The number of carbonyl (C=O) groups is 2. The highest BCUT2D eigenvalue weighted by Gasteiger charge is 2.61. The predicted molar refractivity (Wildman–Crippen MR) is 113 cm³/mol. The molecule has 2 fully saturated rings. The summed E-state index contributed by atoms with van der Waals surface area (Å²) < 4.78 is 22.2. The summed E-state index contributed by atoms with van der Waals surface area (Å²) in [5, 5.41) is 60.6. The van der Waals surface area contributed by atoms with E-state index in [1.54, 1.807) is 6.92 Å². The van der Waals surface area contributed by atoms with Gasteiger partial charge in [0.25, 0.3) is 0 Å². The van der Waals surface area contributed by atoms with Crippen molar-refractivity contribution in [3.8, 4) is 5.75 Å². The fourth-order valence-corrected chi connectivity index (χ4v) is 4.92. The minimum absolute atomic E-state index is 0.0257. The van der Waals surface area contributed by atoms with Crippen LogP contribution in [0.1, 0.15) is 23.7 Å². The van der Waals surface area contributed by atoms with Crippen molar-refractivity contribution in [2.75, 3.05) is 6.61 Å². The molecule has 0 aromatic heterocycles. The van der Waals surface area contributed by atoms with Gasteiger partial charge in [-0.05, 0) is 24.3 Å². The van der Waals surface area contributed by atoms with Crippen LogP contribution >= 0.6 is 0 Å². The molecule has 2 aliphatic heterocycles. The van der Waals surface area contributed by atoms with Crippen LogP contribution in [0.5, 0.6) is 5.75 Å². The maximum absolute atomic E-state index is 12.6. The molecule has 0 bridgehead atoms. The molecule has 1 aromatic rings. The van der Waals surface area contributed by atoms with Crippen LogP contribution in [-0.4, -0.2) is 98.2 Å². The summed E-state index contributed by atoms with van der Waals surface area (Å²) in [5.74, 6) is -2.30. The Kier molecular flexibility index (Phi) is 7.16. The molecule has 0 amide bonds. The number of aliphatic hydroxyl groups is 5. The Morgan fingerprint density at radius 1 is 1.14 bits per heavy atom. The van der Waals surface area contributed by atoms with Crippen molar-refractivity contribution in [1.29, 1.82) is 0 Å². The third-order valence-electron chi connectivity index (χ3n) is 6.94. The third kappa shape index (κ3) is 4.54. The monoisotopic (exact) mass is 496 g/mol. The van der Waals surface area contributed by atoms with Crippen molar-refractivity contribution >= 4 is 12.3 Å². The lowest BCUT2D eigenvalue weighted by Gasteiger charge is -2.44. The van der Waals surface area contributed by atoms with Crippen LogP contribution in [0.15, 0.2) is 36.1 Å². The van der Waals surface area contributed by atoms with Gasteiger partial charge in [0.05, 0.1) is 29.9 Å². The molecule has 0 spiro atoms. The first-order chi connectivity index (χ1) is 16.6. The lowest BCUT2D eigenvalue weighted by molar-refractivity contribution is -0.346. The lowest BCUT2D eigenvalue weighted by atomic mass is 9.79. The van der Waals surface area contributed by atoms with Crippen molar-refractivity contribution in [3.63, 3.8) is 0 Å². The average molecular weight is 496 g/mol. The first-order valence-electron chi connectivity index (χ1n) is 11.1. The molecule has 4 rings (SSSR count). The Morgan fingerprint density at radius 3 is 2.46 bits per heavy atom. The summed E-state index contributed by atoms with van der Waals surface area (Å²) >= 11 is 0. The number of benzene rings is 1. The first kappa shape index (κ1) is 25.5. The Morgan fingerprint density at radius 2 is 1.83 bits per heavy atom. The van der Waals surface area contributed by atoms with Crippen LogP contribution in [0, 0.1) is 11.8 Å². The molecular formula is C23H28O12. The summed E-state index contributed by atoms with van der Waals surface area (Å²) in [5.41, 5.74) is -1.72. The van der Waals surface area contributed by atoms with Crippen molar-refractivity contribution < 1.29 is 59.2 Å². The van der Waals surface area contributed by atoms with E-state index in [9.17, 15) is 40.2 Å². The molecule has 0 unspecified atom stereocenters. The molecule has 1 aromatic carbocycles. The van der Waals surface area contributed by atoms with Crippen LogP contribution in [0.2, 0.25) is 0 Å². The number of aldehydes is 1. The van der Waals surface area contributed by atoms with E-state index in [-0.39, 0.29) is 23.3 Å². The molecule has 10 atom stereocenters. The number of fused-ring (bicyclic) bond motifs is 1. The van der Waals surface area contributed by atoms with Gasteiger partial charge in [-0.3, -0.25) is 4.79 Å². The molecule has 1 saturated carbocycles. The van der Waals surface area contributed by atoms with Crippen LogP contribution in [-0.2, 0) is 23.7 Å². The molecule has 1 saturated heterocycles. The van der Waals surface area contributed by atoms with Crippen molar-refractivity contribution in [2.24, 2.45) is 11.8 Å². The van der Waals surface area contributed by atoms with Crippen LogP contribution in [0.3, 0.4) is 0 Å². The van der Waals surface area contributed by atoms with E-state index in [0.717, 1.165) is 6.26 Å². The molecule has 192 valence electrons. The largest absolute Gasteiger partial charge is 0.508 e. The lowest BCUT2D eigenvalue weighted by Crippen LogP contribution is -2.61. The highest BCUT2D eigenvalue weighted by atomic mass is 16.8. The summed E-state index contributed by atoms with van der Waals surface area (Å²) in [6, 6.07) is 5.41. The zero-order valence-electron chi connectivity index (χ0n) is 18.7. The van der Waals surface area contributed by atoms with Gasteiger partial charge < -0.3 is 49.6 Å². The van der Waals surface area contributed by atoms with E-state index in [2.05, 4.69) is 0 Å². The number of ether oxygens (including phenoxy) is 4. The molecule has 6 N–H and O–H groups in total. The number of rotatable bonds is 6. The number of phenols is 1. The highest BCUT2D eigenvalue weighted by Crippen LogP contribution is 2.51. The molecule has 35 heavy (non-hydrogen) atoms. The van der Waals surface area contributed by atoms with Gasteiger partial charge in [-0.15, -0.1) is 0 Å². The molecule has 1 aliphatic carbocycles. The minimum atomic E-state index is -1.81. The van der Waals surface area contributed by atoms with E-state index in [0.29, 0.717) is 6.29 Å². The van der Waals surface area contributed by atoms with Crippen LogP contribution in [0.25, 0.3) is 0 Å². The van der Waals surface area contributed by atoms with Gasteiger partial charge in [0.2, 0.25) is 6.29 Å². The van der Waals surface area contributed by atoms with Crippen LogP contribution in [0.4, 0.5) is 0 Å². The van der Waals surface area contributed by atoms with E-state index in [4.69, 9.17) is 18.9 Å². The number of aromatic hydroxyl groups is 1. The summed E-state index contributed by atoms with van der Waals surface area (Å²) in [4.78, 5) is 24.3. The zero-order chi connectivity index (χ0) is 25.5. The maximum Gasteiger partial charge on any atom is 0.338 e. The van der Waals surface area contributed by atoms with E-state index in [1.165, 1.54) is 24.3 Å². The minimum Gasteiger partial charge on any atom is -0.508 e. The Hall–Kier alpha value is -2.58. The van der Waals surface area contributed by atoms with E-state index < -0.39 is 73.1 Å². The quantitative estimate of drug-likeness (QED) is 0.199. The Labute approximate surface area is 199 Å². The maximum atomic E-state index is 12.6. The Bertz CT molecular complexity index is 962. The van der Waals surface area contributed by atoms with Gasteiger partial charge in [-0.2, -0.15) is 0 Å². The fraction of sp³-hybridized carbons (Fsp3) is 0.565. The van der Waals surface area contributed by atoms with Gasteiger partial charge in [-0.1, -0.05) is 6.92 Å². The second-order valence-corrected chi connectivity index (χ2v) is 9.03. The third-order valence-corrected chi connectivity index (χ3v) is 6.94. The second kappa shape index (κ2) is 9.82.